The van der Waals surface area contributed by atoms with E-state index in [0.717, 1.165) is 5.92 Å². The summed E-state index contributed by atoms with van der Waals surface area (Å²) in [4.78, 5) is 2.62. The average Bonchev–Trinajstić information content (AvgIpc) is 2.18. The minimum atomic E-state index is 0. The molecule has 1 nitrogen and oxygen atoms in total. The fraction of sp³-hybridized carbons (Fsp3) is 0.923. The van der Waals surface area contributed by atoms with Crippen molar-refractivity contribution in [3.05, 3.63) is 6.42 Å². The van der Waals surface area contributed by atoms with Gasteiger partial charge in [-0.05, 0) is 32.0 Å². The van der Waals surface area contributed by atoms with Crippen LogP contribution in [-0.2, 0) is 32.7 Å². The number of unbranched alkanes of at least 4 members (excludes halogenated alkanes) is 2. The summed E-state index contributed by atoms with van der Waals surface area (Å²) >= 11 is 0. The molecule has 0 aromatic carbocycles. The zero-order valence-corrected chi connectivity index (χ0v) is 13.4. The Balaban J connectivity index is 0.00000196. The Morgan fingerprint density at radius 1 is 1.07 bits per heavy atom. The Morgan fingerprint density at radius 2 is 1.73 bits per heavy atom. The summed E-state index contributed by atoms with van der Waals surface area (Å²) < 4.78 is 0. The van der Waals surface area contributed by atoms with E-state index in [1.54, 1.807) is 0 Å². The molecule has 15 heavy (non-hydrogen) atoms. The summed E-state index contributed by atoms with van der Waals surface area (Å²) in [7, 11) is 0. The van der Waals surface area contributed by atoms with Crippen LogP contribution in [0.5, 0.6) is 0 Å². The normalized spacial score (nSPS) is 17.8. The third kappa shape index (κ3) is 8.83. The molecule has 0 atom stereocenters. The molecule has 0 aromatic heterocycles. The largest absolute Gasteiger partial charge is 0.326 e. The van der Waals surface area contributed by atoms with Crippen molar-refractivity contribution < 1.29 is 32.7 Å². The quantitative estimate of drug-likeness (QED) is 0.533. The van der Waals surface area contributed by atoms with Crippen LogP contribution in [0.1, 0.15) is 52.4 Å². The van der Waals surface area contributed by atoms with Crippen molar-refractivity contribution in [2.24, 2.45) is 5.92 Å². The van der Waals surface area contributed by atoms with Crippen molar-refractivity contribution in [1.29, 1.82) is 0 Å². The molecule has 0 amide bonds. The molecule has 1 heterocycles. The SMILES string of the molecule is CC(C)CCCCCN1CC[CH-]CC1.[Y]. The van der Waals surface area contributed by atoms with Gasteiger partial charge in [0.1, 0.15) is 0 Å². The summed E-state index contributed by atoms with van der Waals surface area (Å²) in [6.07, 6.45) is 10.7. The minimum absolute atomic E-state index is 0. The van der Waals surface area contributed by atoms with Crippen LogP contribution in [0.2, 0.25) is 0 Å². The van der Waals surface area contributed by atoms with E-state index in [1.807, 2.05) is 0 Å². The molecular weight excluding hydrogens is 259 g/mol. The molecule has 0 bridgehead atoms. The van der Waals surface area contributed by atoms with Crippen LogP contribution < -0.4 is 0 Å². The van der Waals surface area contributed by atoms with Crippen molar-refractivity contribution in [2.45, 2.75) is 52.4 Å². The van der Waals surface area contributed by atoms with Gasteiger partial charge >= 0.3 is 0 Å². The Kier molecular flexibility index (Phi) is 11.0. The Bertz CT molecular complexity index is 130. The molecule has 87 valence electrons. The van der Waals surface area contributed by atoms with Gasteiger partial charge in [-0.25, -0.2) is 0 Å². The molecular formula is C13H26NY-. The third-order valence-electron chi connectivity index (χ3n) is 3.05. The Hall–Kier alpha value is 1.06. The van der Waals surface area contributed by atoms with Gasteiger partial charge < -0.3 is 11.3 Å². The molecule has 1 fully saturated rings. The van der Waals surface area contributed by atoms with Crippen molar-refractivity contribution in [1.82, 2.24) is 4.90 Å². The maximum atomic E-state index is 2.62. The molecule has 0 aromatic rings. The first-order valence-electron chi connectivity index (χ1n) is 6.33. The van der Waals surface area contributed by atoms with Gasteiger partial charge in [0.2, 0.25) is 0 Å². The minimum Gasteiger partial charge on any atom is -0.326 e. The number of hydrogen-bond acceptors (Lipinski definition) is 1. The summed E-state index contributed by atoms with van der Waals surface area (Å²) in [5.74, 6) is 0.889. The molecule has 0 saturated carbocycles. The zero-order valence-electron chi connectivity index (χ0n) is 10.5. The van der Waals surface area contributed by atoms with Gasteiger partial charge in [0.15, 0.2) is 0 Å². The number of hydrogen-bond donors (Lipinski definition) is 0. The number of likely N-dealkylation sites (tertiary alicyclic amines) is 1. The summed E-state index contributed by atoms with van der Waals surface area (Å²) in [6, 6.07) is 0. The van der Waals surface area contributed by atoms with Crippen molar-refractivity contribution >= 4 is 0 Å². The smallest absolute Gasteiger partial charge is 0 e. The number of nitrogens with zero attached hydrogens (tertiary/aromatic N) is 1. The molecule has 1 rings (SSSR count). The van der Waals surface area contributed by atoms with E-state index in [2.05, 4.69) is 25.2 Å². The van der Waals surface area contributed by atoms with Crippen LogP contribution in [0.3, 0.4) is 0 Å². The van der Waals surface area contributed by atoms with Crippen LogP contribution in [-0.4, -0.2) is 24.5 Å². The maximum absolute atomic E-state index is 2.62. The number of piperidine rings is 1. The molecule has 0 spiro atoms. The van der Waals surface area contributed by atoms with Crippen molar-refractivity contribution in [2.75, 3.05) is 19.6 Å². The van der Waals surface area contributed by atoms with Crippen LogP contribution in [0, 0.1) is 12.3 Å². The van der Waals surface area contributed by atoms with E-state index in [4.69, 9.17) is 0 Å². The first kappa shape index (κ1) is 16.1. The molecule has 0 aliphatic carbocycles. The van der Waals surface area contributed by atoms with E-state index in [0.29, 0.717) is 0 Å². The van der Waals surface area contributed by atoms with E-state index in [9.17, 15) is 0 Å². The second-order valence-electron chi connectivity index (χ2n) is 4.95. The molecule has 0 unspecified atom stereocenters. The zero-order chi connectivity index (χ0) is 10.2. The van der Waals surface area contributed by atoms with Gasteiger partial charge in [0.25, 0.3) is 0 Å². The Labute approximate surface area is 121 Å². The van der Waals surface area contributed by atoms with Gasteiger partial charge in [0, 0.05) is 32.7 Å². The summed E-state index contributed by atoms with van der Waals surface area (Å²) in [6.45, 7) is 8.60. The van der Waals surface area contributed by atoms with Crippen LogP contribution in [0.4, 0.5) is 0 Å². The predicted molar refractivity (Wildman–Crippen MR) is 63.3 cm³/mol. The van der Waals surface area contributed by atoms with Gasteiger partial charge in [-0.2, -0.15) is 12.8 Å². The predicted octanol–water partition coefficient (Wildman–Crippen LogP) is 3.50. The molecule has 0 N–H and O–H groups in total. The van der Waals surface area contributed by atoms with Crippen molar-refractivity contribution in [3.8, 4) is 0 Å². The van der Waals surface area contributed by atoms with Gasteiger partial charge in [-0.1, -0.05) is 33.1 Å². The first-order chi connectivity index (χ1) is 6.79. The van der Waals surface area contributed by atoms with E-state index >= 15 is 0 Å². The third-order valence-corrected chi connectivity index (χ3v) is 3.05. The summed E-state index contributed by atoms with van der Waals surface area (Å²) in [5, 5.41) is 0. The second-order valence-corrected chi connectivity index (χ2v) is 4.95. The number of rotatable bonds is 6. The van der Waals surface area contributed by atoms with E-state index in [-0.39, 0.29) is 32.7 Å². The second kappa shape index (κ2) is 10.2. The maximum Gasteiger partial charge on any atom is 0 e. The monoisotopic (exact) mass is 285 g/mol. The van der Waals surface area contributed by atoms with Crippen LogP contribution in [0.15, 0.2) is 0 Å². The van der Waals surface area contributed by atoms with E-state index in [1.165, 1.54) is 58.2 Å². The first-order valence-corrected chi connectivity index (χ1v) is 6.33. The molecule has 1 aliphatic heterocycles. The van der Waals surface area contributed by atoms with Crippen LogP contribution >= 0.6 is 0 Å². The fourth-order valence-electron chi connectivity index (χ4n) is 2.09. The topological polar surface area (TPSA) is 3.24 Å². The van der Waals surface area contributed by atoms with Gasteiger partial charge in [0.05, 0.1) is 0 Å². The summed E-state index contributed by atoms with van der Waals surface area (Å²) in [5.41, 5.74) is 0. The van der Waals surface area contributed by atoms with Gasteiger partial charge in [-0.15, -0.1) is 0 Å². The average molecular weight is 285 g/mol. The van der Waals surface area contributed by atoms with Crippen molar-refractivity contribution in [3.63, 3.8) is 0 Å². The van der Waals surface area contributed by atoms with Crippen LogP contribution in [0.25, 0.3) is 0 Å². The molecule has 1 aliphatic rings. The standard InChI is InChI=1S/C13H26N.Y/c1-13(2)9-5-3-6-10-14-11-7-4-8-12-14;/h4,13H,3,5-12H2,1-2H3;/q-1;. The fourth-order valence-corrected chi connectivity index (χ4v) is 2.09. The molecule has 1 saturated heterocycles. The van der Waals surface area contributed by atoms with Gasteiger partial charge in [-0.3, -0.25) is 0 Å². The Morgan fingerprint density at radius 3 is 2.33 bits per heavy atom. The molecule has 1 radical (unpaired) electrons. The van der Waals surface area contributed by atoms with E-state index < -0.39 is 0 Å². The molecule has 2 heteroatoms.